The number of carbonyl (C=O) groups is 4. The Balaban J connectivity index is 5.12. The van der Waals surface area contributed by atoms with E-state index in [0.717, 1.165) is 0 Å². The van der Waals surface area contributed by atoms with E-state index in [2.05, 4.69) is 6.58 Å². The van der Waals surface area contributed by atoms with Gasteiger partial charge in [0.1, 0.15) is 0 Å². The molecule has 0 aromatic rings. The van der Waals surface area contributed by atoms with Crippen molar-refractivity contribution in [3.63, 3.8) is 0 Å². The average molecular weight is 260 g/mol. The Hall–Kier alpha value is -2.38. The zero-order valence-corrected chi connectivity index (χ0v) is 9.20. The van der Waals surface area contributed by atoms with E-state index in [4.69, 9.17) is 20.4 Å². The Morgan fingerprint density at radius 1 is 0.778 bits per heavy atom. The van der Waals surface area contributed by atoms with Crippen molar-refractivity contribution in [3.05, 3.63) is 12.2 Å². The van der Waals surface area contributed by atoms with Crippen molar-refractivity contribution >= 4 is 23.9 Å². The van der Waals surface area contributed by atoms with Crippen LogP contribution in [0.2, 0.25) is 0 Å². The van der Waals surface area contributed by atoms with Crippen LogP contribution < -0.4 is 0 Å². The molecule has 0 aromatic heterocycles. The van der Waals surface area contributed by atoms with Crippen molar-refractivity contribution in [3.8, 4) is 0 Å². The van der Waals surface area contributed by atoms with E-state index in [-0.39, 0.29) is 0 Å². The van der Waals surface area contributed by atoms with Crippen molar-refractivity contribution in [1.29, 1.82) is 0 Å². The smallest absolute Gasteiger partial charge is 0.311 e. The van der Waals surface area contributed by atoms with Crippen molar-refractivity contribution in [2.45, 2.75) is 12.8 Å². The molecule has 8 nitrogen and oxygen atoms in total. The van der Waals surface area contributed by atoms with Crippen molar-refractivity contribution in [2.75, 3.05) is 0 Å². The quantitative estimate of drug-likeness (QED) is 0.441. The molecule has 100 valence electrons. The summed E-state index contributed by atoms with van der Waals surface area (Å²) in [6, 6.07) is 0. The van der Waals surface area contributed by atoms with Crippen LogP contribution in [0.15, 0.2) is 12.2 Å². The van der Waals surface area contributed by atoms with Crippen LogP contribution in [0.25, 0.3) is 0 Å². The van der Waals surface area contributed by atoms with Crippen molar-refractivity contribution < 1.29 is 39.6 Å². The molecule has 0 spiro atoms. The summed E-state index contributed by atoms with van der Waals surface area (Å²) in [5.41, 5.74) is -0.445. The van der Waals surface area contributed by atoms with Gasteiger partial charge in [-0.05, 0) is 5.57 Å². The van der Waals surface area contributed by atoms with Gasteiger partial charge < -0.3 is 20.4 Å². The van der Waals surface area contributed by atoms with Crippen LogP contribution in [0.1, 0.15) is 12.8 Å². The average Bonchev–Trinajstić information content (AvgIpc) is 2.20. The molecule has 2 unspecified atom stereocenters. The lowest BCUT2D eigenvalue weighted by Crippen LogP contribution is -2.29. The van der Waals surface area contributed by atoms with Crippen molar-refractivity contribution in [2.24, 2.45) is 11.8 Å². The minimum atomic E-state index is -1.64. The van der Waals surface area contributed by atoms with Gasteiger partial charge in [0.25, 0.3) is 0 Å². The summed E-state index contributed by atoms with van der Waals surface area (Å²) in [6.45, 7) is 3.22. The number of aliphatic carboxylic acids is 4. The van der Waals surface area contributed by atoms with Crippen LogP contribution in [-0.2, 0) is 19.2 Å². The van der Waals surface area contributed by atoms with Crippen LogP contribution in [0.3, 0.4) is 0 Å². The van der Waals surface area contributed by atoms with Gasteiger partial charge in [-0.2, -0.15) is 0 Å². The van der Waals surface area contributed by atoms with Crippen LogP contribution in [0.4, 0.5) is 0 Å². The maximum atomic E-state index is 10.8. The molecule has 0 aliphatic carbocycles. The summed E-state index contributed by atoms with van der Waals surface area (Å²) < 4.78 is 0. The van der Waals surface area contributed by atoms with E-state index in [1.165, 1.54) is 0 Å². The second kappa shape index (κ2) is 6.38. The molecule has 0 fully saturated rings. The predicted molar refractivity (Wildman–Crippen MR) is 55.9 cm³/mol. The highest BCUT2D eigenvalue weighted by Gasteiger charge is 2.33. The van der Waals surface area contributed by atoms with Gasteiger partial charge in [-0.1, -0.05) is 6.58 Å². The van der Waals surface area contributed by atoms with Gasteiger partial charge in [-0.3, -0.25) is 19.2 Å². The highest BCUT2D eigenvalue weighted by atomic mass is 16.4. The number of carboxylic acids is 4. The minimum Gasteiger partial charge on any atom is -0.481 e. The first-order valence-corrected chi connectivity index (χ1v) is 4.74. The van der Waals surface area contributed by atoms with Gasteiger partial charge in [-0.25, -0.2) is 0 Å². The SMILES string of the molecule is C=C(C(CC(=O)O)C(=O)O)C(CC(=O)O)C(=O)O. The molecule has 0 radical (unpaired) electrons. The molecule has 0 saturated carbocycles. The number of hydrogen-bond acceptors (Lipinski definition) is 4. The molecular formula is C10H12O8. The maximum Gasteiger partial charge on any atom is 0.311 e. The number of carboxylic acid groups (broad SMARTS) is 4. The van der Waals surface area contributed by atoms with Crippen LogP contribution in [0, 0.1) is 11.8 Å². The second-order valence-electron chi connectivity index (χ2n) is 3.55. The lowest BCUT2D eigenvalue weighted by Gasteiger charge is -2.18. The van der Waals surface area contributed by atoms with E-state index in [1.54, 1.807) is 0 Å². The molecule has 8 heteroatoms. The topological polar surface area (TPSA) is 149 Å². The molecule has 2 atom stereocenters. The highest BCUT2D eigenvalue weighted by Crippen LogP contribution is 2.25. The summed E-state index contributed by atoms with van der Waals surface area (Å²) in [7, 11) is 0. The number of rotatable bonds is 8. The number of hydrogen-bond donors (Lipinski definition) is 4. The molecular weight excluding hydrogens is 248 g/mol. The highest BCUT2D eigenvalue weighted by molar-refractivity contribution is 5.85. The molecule has 4 N–H and O–H groups in total. The Kier molecular flexibility index (Phi) is 5.54. The van der Waals surface area contributed by atoms with E-state index in [9.17, 15) is 19.2 Å². The Labute approximate surface area is 101 Å². The summed E-state index contributed by atoms with van der Waals surface area (Å²) in [5.74, 6) is -9.27. The normalized spacial score (nSPS) is 13.3. The summed E-state index contributed by atoms with van der Waals surface area (Å²) >= 11 is 0. The van der Waals surface area contributed by atoms with Gasteiger partial charge in [0.05, 0.1) is 24.7 Å². The molecule has 0 bridgehead atoms. The zero-order valence-electron chi connectivity index (χ0n) is 9.20. The lowest BCUT2D eigenvalue weighted by atomic mass is 9.85. The largest absolute Gasteiger partial charge is 0.481 e. The summed E-state index contributed by atoms with van der Waals surface area (Å²) in [6.07, 6.45) is -1.70. The standard InChI is InChI=1S/C10H12O8/c1-4(5(9(15)16)2-7(11)12)6(10(17)18)3-8(13)14/h5-6H,1-3H2,(H,11,12)(H,13,14)(H,15,16)(H,17,18). The van der Waals surface area contributed by atoms with E-state index >= 15 is 0 Å². The van der Waals surface area contributed by atoms with Crippen LogP contribution in [-0.4, -0.2) is 44.3 Å². The van der Waals surface area contributed by atoms with Gasteiger partial charge in [-0.15, -0.1) is 0 Å². The summed E-state index contributed by atoms with van der Waals surface area (Å²) in [4.78, 5) is 42.6. The predicted octanol–water partition coefficient (Wildman–Crippen LogP) is -0.106. The Morgan fingerprint density at radius 3 is 1.22 bits per heavy atom. The van der Waals surface area contributed by atoms with Gasteiger partial charge in [0.15, 0.2) is 0 Å². The first-order valence-electron chi connectivity index (χ1n) is 4.74. The third-order valence-electron chi connectivity index (χ3n) is 2.25. The van der Waals surface area contributed by atoms with E-state index in [0.29, 0.717) is 0 Å². The third-order valence-corrected chi connectivity index (χ3v) is 2.25. The Bertz CT molecular complexity index is 361. The fourth-order valence-corrected chi connectivity index (χ4v) is 1.35. The molecule has 18 heavy (non-hydrogen) atoms. The van der Waals surface area contributed by atoms with Crippen molar-refractivity contribution in [1.82, 2.24) is 0 Å². The monoisotopic (exact) mass is 260 g/mol. The van der Waals surface area contributed by atoms with Crippen LogP contribution in [0.5, 0.6) is 0 Å². The fourth-order valence-electron chi connectivity index (χ4n) is 1.35. The second-order valence-corrected chi connectivity index (χ2v) is 3.55. The maximum absolute atomic E-state index is 10.8. The molecule has 0 heterocycles. The first kappa shape index (κ1) is 15.6. The van der Waals surface area contributed by atoms with Gasteiger partial charge in [0.2, 0.25) is 0 Å². The molecule has 0 aliphatic rings. The third kappa shape index (κ3) is 4.64. The summed E-state index contributed by atoms with van der Waals surface area (Å²) in [5, 5.41) is 34.6. The van der Waals surface area contributed by atoms with E-state index in [1.807, 2.05) is 0 Å². The van der Waals surface area contributed by atoms with E-state index < -0.39 is 54.1 Å². The minimum absolute atomic E-state index is 0.445. The lowest BCUT2D eigenvalue weighted by molar-refractivity contribution is -0.150. The molecule has 0 saturated heterocycles. The molecule has 0 rings (SSSR count). The molecule has 0 amide bonds. The fraction of sp³-hybridized carbons (Fsp3) is 0.400. The van der Waals surface area contributed by atoms with Gasteiger partial charge in [0, 0.05) is 0 Å². The Morgan fingerprint density at radius 2 is 1.06 bits per heavy atom. The molecule has 0 aliphatic heterocycles. The zero-order chi connectivity index (χ0) is 14.5. The van der Waals surface area contributed by atoms with Gasteiger partial charge >= 0.3 is 23.9 Å². The first-order chi connectivity index (χ1) is 8.16. The molecule has 0 aromatic carbocycles. The van der Waals surface area contributed by atoms with Crippen LogP contribution >= 0.6 is 0 Å².